The molecular formula is C28H23P. The lowest BCUT2D eigenvalue weighted by Crippen LogP contribution is -2.23. The van der Waals surface area contributed by atoms with Crippen molar-refractivity contribution in [2.75, 3.05) is 0 Å². The minimum atomic E-state index is -0.589. The summed E-state index contributed by atoms with van der Waals surface area (Å²) in [6.45, 7) is 2.31. The van der Waals surface area contributed by atoms with Crippen LogP contribution in [-0.4, -0.2) is 0 Å². The van der Waals surface area contributed by atoms with Gasteiger partial charge in [0.1, 0.15) is 0 Å². The minimum Gasteiger partial charge on any atom is -0.0720 e. The van der Waals surface area contributed by atoms with E-state index in [1.165, 1.54) is 38.2 Å². The van der Waals surface area contributed by atoms with E-state index in [4.69, 9.17) is 0 Å². The fourth-order valence-corrected chi connectivity index (χ4v) is 6.82. The Kier molecular flexibility index (Phi) is 4.88. The normalized spacial score (nSPS) is 14.9. The first kappa shape index (κ1) is 18.1. The van der Waals surface area contributed by atoms with Gasteiger partial charge in [-0.3, -0.25) is 0 Å². The topological polar surface area (TPSA) is 0 Å². The molecule has 1 aliphatic carbocycles. The highest BCUT2D eigenvalue weighted by Crippen LogP contribution is 2.40. The minimum absolute atomic E-state index is 0.342. The van der Waals surface area contributed by atoms with E-state index < -0.39 is 7.92 Å². The molecule has 0 aromatic heterocycles. The van der Waals surface area contributed by atoms with Gasteiger partial charge in [0, 0.05) is 5.92 Å². The fraction of sp³-hybridized carbons (Fsp3) is 0.0714. The van der Waals surface area contributed by atoms with Gasteiger partial charge in [0.15, 0.2) is 0 Å². The molecule has 5 rings (SSSR count). The second-order valence-corrected chi connectivity index (χ2v) is 9.65. The quantitative estimate of drug-likeness (QED) is 0.380. The molecule has 4 aromatic rings. The van der Waals surface area contributed by atoms with Gasteiger partial charge in [-0.1, -0.05) is 115 Å². The predicted octanol–water partition coefficient (Wildman–Crippen LogP) is 5.91. The van der Waals surface area contributed by atoms with E-state index in [0.717, 1.165) is 0 Å². The number of benzene rings is 4. The molecule has 0 saturated carbocycles. The molecule has 0 saturated heterocycles. The van der Waals surface area contributed by atoms with Crippen molar-refractivity contribution < 1.29 is 0 Å². The third kappa shape index (κ3) is 3.35. The summed E-state index contributed by atoms with van der Waals surface area (Å²) < 4.78 is 0. The van der Waals surface area contributed by atoms with Crippen LogP contribution in [0, 0.1) is 6.92 Å². The molecule has 0 spiro atoms. The third-order valence-electron chi connectivity index (χ3n) is 5.75. The summed E-state index contributed by atoms with van der Waals surface area (Å²) in [6, 6.07) is 37.6. The number of rotatable bonds is 4. The molecule has 140 valence electrons. The lowest BCUT2D eigenvalue weighted by molar-refractivity contribution is 1.03. The zero-order valence-corrected chi connectivity index (χ0v) is 17.4. The first-order valence-corrected chi connectivity index (χ1v) is 11.4. The van der Waals surface area contributed by atoms with Crippen molar-refractivity contribution in [2.24, 2.45) is 0 Å². The summed E-state index contributed by atoms with van der Waals surface area (Å²) in [5, 5.41) is 4.25. The standard InChI is InChI=1S/C28H23P/c1-21-25(27-20-19-22-11-8-9-16-26(22)27)17-10-18-28(21)29(23-12-4-2-5-13-23)24-14-6-3-7-15-24/h2-20,27H,1H3. The summed E-state index contributed by atoms with van der Waals surface area (Å²) in [5.41, 5.74) is 5.59. The first-order chi connectivity index (χ1) is 14.3. The van der Waals surface area contributed by atoms with E-state index in [9.17, 15) is 0 Å². The van der Waals surface area contributed by atoms with Gasteiger partial charge in [-0.05, 0) is 53.0 Å². The molecule has 1 unspecified atom stereocenters. The molecule has 1 atom stereocenters. The Morgan fingerprint density at radius 1 is 0.586 bits per heavy atom. The second kappa shape index (κ2) is 7.82. The molecular weight excluding hydrogens is 367 g/mol. The molecule has 0 aliphatic heterocycles. The van der Waals surface area contributed by atoms with Gasteiger partial charge >= 0.3 is 0 Å². The smallest absolute Gasteiger partial charge is 0.0281 e. The Labute approximate surface area is 174 Å². The van der Waals surface area contributed by atoms with Gasteiger partial charge in [0.05, 0.1) is 0 Å². The maximum Gasteiger partial charge on any atom is 0.0281 e. The summed E-state index contributed by atoms with van der Waals surface area (Å²) >= 11 is 0. The summed E-state index contributed by atoms with van der Waals surface area (Å²) in [4.78, 5) is 0. The maximum atomic E-state index is 2.35. The van der Waals surface area contributed by atoms with Crippen LogP contribution in [0.2, 0.25) is 0 Å². The average molecular weight is 390 g/mol. The van der Waals surface area contributed by atoms with Crippen molar-refractivity contribution in [1.82, 2.24) is 0 Å². The van der Waals surface area contributed by atoms with Crippen LogP contribution >= 0.6 is 7.92 Å². The zero-order chi connectivity index (χ0) is 19.6. The SMILES string of the molecule is Cc1c(C2C=Cc3ccccc32)cccc1P(c1ccccc1)c1ccccc1. The van der Waals surface area contributed by atoms with E-state index in [2.05, 4.69) is 122 Å². The van der Waals surface area contributed by atoms with Crippen LogP contribution in [0.5, 0.6) is 0 Å². The fourth-order valence-electron chi connectivity index (χ4n) is 4.32. The number of allylic oxidation sites excluding steroid dienone is 1. The third-order valence-corrected chi connectivity index (χ3v) is 8.35. The van der Waals surface area contributed by atoms with E-state index in [1.54, 1.807) is 0 Å². The van der Waals surface area contributed by atoms with Crippen LogP contribution in [0.3, 0.4) is 0 Å². The summed E-state index contributed by atoms with van der Waals surface area (Å²) in [6.07, 6.45) is 4.62. The van der Waals surface area contributed by atoms with E-state index in [1.807, 2.05) is 0 Å². The van der Waals surface area contributed by atoms with Gasteiger partial charge in [-0.25, -0.2) is 0 Å². The van der Waals surface area contributed by atoms with Crippen molar-refractivity contribution in [3.63, 3.8) is 0 Å². The Bertz CT molecular complexity index is 1120. The molecule has 0 heterocycles. The average Bonchev–Trinajstić information content (AvgIpc) is 3.21. The highest BCUT2D eigenvalue weighted by atomic mass is 31.1. The summed E-state index contributed by atoms with van der Waals surface area (Å²) in [5.74, 6) is 0.342. The van der Waals surface area contributed by atoms with Crippen LogP contribution in [-0.2, 0) is 0 Å². The van der Waals surface area contributed by atoms with Crippen LogP contribution in [0.1, 0.15) is 28.2 Å². The molecule has 0 bridgehead atoms. The highest BCUT2D eigenvalue weighted by molar-refractivity contribution is 7.79. The van der Waals surface area contributed by atoms with Crippen molar-refractivity contribution >= 4 is 29.9 Å². The van der Waals surface area contributed by atoms with Crippen LogP contribution in [0.15, 0.2) is 109 Å². The van der Waals surface area contributed by atoms with E-state index in [-0.39, 0.29) is 0 Å². The Morgan fingerprint density at radius 3 is 1.86 bits per heavy atom. The zero-order valence-electron chi connectivity index (χ0n) is 16.5. The van der Waals surface area contributed by atoms with Crippen molar-refractivity contribution in [3.8, 4) is 0 Å². The molecule has 1 aliphatic rings. The predicted molar refractivity (Wildman–Crippen MR) is 127 cm³/mol. The van der Waals surface area contributed by atoms with Crippen LogP contribution in [0.4, 0.5) is 0 Å². The highest BCUT2D eigenvalue weighted by Gasteiger charge is 2.24. The molecule has 0 fully saturated rings. The van der Waals surface area contributed by atoms with Gasteiger partial charge in [-0.15, -0.1) is 0 Å². The molecule has 1 heteroatoms. The number of hydrogen-bond acceptors (Lipinski definition) is 0. The second-order valence-electron chi connectivity index (χ2n) is 7.46. The molecule has 29 heavy (non-hydrogen) atoms. The van der Waals surface area contributed by atoms with Crippen LogP contribution < -0.4 is 15.9 Å². The van der Waals surface area contributed by atoms with E-state index in [0.29, 0.717) is 5.92 Å². The van der Waals surface area contributed by atoms with Gasteiger partial charge < -0.3 is 0 Å². The first-order valence-electron chi connectivity index (χ1n) is 10.1. The molecule has 0 amide bonds. The van der Waals surface area contributed by atoms with Gasteiger partial charge in [-0.2, -0.15) is 0 Å². The lowest BCUT2D eigenvalue weighted by atomic mass is 9.90. The van der Waals surface area contributed by atoms with Crippen LogP contribution in [0.25, 0.3) is 6.08 Å². The molecule has 0 N–H and O–H groups in total. The number of fused-ring (bicyclic) bond motifs is 1. The molecule has 4 aromatic carbocycles. The lowest BCUT2D eigenvalue weighted by Gasteiger charge is -2.24. The maximum absolute atomic E-state index is 2.35. The van der Waals surface area contributed by atoms with Crippen molar-refractivity contribution in [2.45, 2.75) is 12.8 Å². The van der Waals surface area contributed by atoms with Crippen molar-refractivity contribution in [1.29, 1.82) is 0 Å². The summed E-state index contributed by atoms with van der Waals surface area (Å²) in [7, 11) is -0.589. The van der Waals surface area contributed by atoms with Gasteiger partial charge in [0.25, 0.3) is 0 Å². The monoisotopic (exact) mass is 390 g/mol. The Hall–Kier alpha value is -2.95. The number of hydrogen-bond donors (Lipinski definition) is 0. The Morgan fingerprint density at radius 2 is 1.17 bits per heavy atom. The Balaban J connectivity index is 1.66. The van der Waals surface area contributed by atoms with Crippen molar-refractivity contribution in [3.05, 3.63) is 131 Å². The van der Waals surface area contributed by atoms with Gasteiger partial charge in [0.2, 0.25) is 0 Å². The molecule has 0 radical (unpaired) electrons. The molecule has 0 nitrogen and oxygen atoms in total. The van der Waals surface area contributed by atoms with E-state index >= 15 is 0 Å². The largest absolute Gasteiger partial charge is 0.0720 e.